The summed E-state index contributed by atoms with van der Waals surface area (Å²) < 4.78 is 5.04. The SMILES string of the molecule is CCNC(=NCc1cccc(NC(=O)CN(C)C)c1)NCCCOC. The second-order valence-electron chi connectivity index (χ2n) is 5.95. The molecule has 7 heteroatoms. The van der Waals surface area contributed by atoms with Crippen molar-refractivity contribution in [1.82, 2.24) is 15.5 Å². The summed E-state index contributed by atoms with van der Waals surface area (Å²) in [7, 11) is 5.43. The van der Waals surface area contributed by atoms with Gasteiger partial charge in [0.15, 0.2) is 5.96 Å². The molecule has 1 rings (SSSR count). The smallest absolute Gasteiger partial charge is 0.238 e. The van der Waals surface area contributed by atoms with Crippen LogP contribution in [-0.4, -0.2) is 64.2 Å². The zero-order valence-corrected chi connectivity index (χ0v) is 15.8. The molecule has 0 atom stereocenters. The lowest BCUT2D eigenvalue weighted by Crippen LogP contribution is -2.38. The second-order valence-corrected chi connectivity index (χ2v) is 5.95. The van der Waals surface area contributed by atoms with Crippen molar-refractivity contribution in [2.75, 3.05) is 52.8 Å². The van der Waals surface area contributed by atoms with E-state index in [0.29, 0.717) is 13.1 Å². The molecule has 140 valence electrons. The fourth-order valence-electron chi connectivity index (χ4n) is 2.17. The number of anilines is 1. The van der Waals surface area contributed by atoms with Gasteiger partial charge in [0.1, 0.15) is 0 Å². The van der Waals surface area contributed by atoms with Gasteiger partial charge in [0.25, 0.3) is 0 Å². The molecule has 0 aliphatic rings. The van der Waals surface area contributed by atoms with Crippen LogP contribution in [0.4, 0.5) is 5.69 Å². The number of nitrogens with one attached hydrogen (secondary N) is 3. The number of ether oxygens (including phenoxy) is 1. The number of nitrogens with zero attached hydrogens (tertiary/aromatic N) is 2. The molecule has 0 spiro atoms. The van der Waals surface area contributed by atoms with Crippen LogP contribution in [0.3, 0.4) is 0 Å². The fourth-order valence-corrected chi connectivity index (χ4v) is 2.17. The molecule has 0 fully saturated rings. The Morgan fingerprint density at radius 2 is 2.08 bits per heavy atom. The zero-order valence-electron chi connectivity index (χ0n) is 15.8. The standard InChI is InChI=1S/C18H31N5O2/c1-5-19-18(20-10-7-11-25-4)21-13-15-8-6-9-16(12-15)22-17(24)14-23(2)3/h6,8-9,12H,5,7,10-11,13-14H2,1-4H3,(H,22,24)(H2,19,20,21). The minimum Gasteiger partial charge on any atom is -0.385 e. The average Bonchev–Trinajstić information content (AvgIpc) is 2.56. The first-order valence-electron chi connectivity index (χ1n) is 8.59. The molecular weight excluding hydrogens is 318 g/mol. The average molecular weight is 349 g/mol. The normalized spacial score (nSPS) is 11.5. The molecule has 0 bridgehead atoms. The molecule has 0 saturated carbocycles. The van der Waals surface area contributed by atoms with Crippen molar-refractivity contribution < 1.29 is 9.53 Å². The van der Waals surface area contributed by atoms with E-state index in [-0.39, 0.29) is 5.91 Å². The molecule has 1 aromatic rings. The molecule has 25 heavy (non-hydrogen) atoms. The van der Waals surface area contributed by atoms with Crippen molar-refractivity contribution in [3.8, 4) is 0 Å². The van der Waals surface area contributed by atoms with Crippen LogP contribution in [0.1, 0.15) is 18.9 Å². The predicted octanol–water partition coefficient (Wildman–Crippen LogP) is 1.28. The maximum absolute atomic E-state index is 11.8. The minimum absolute atomic E-state index is 0.0289. The monoisotopic (exact) mass is 349 g/mol. The molecular formula is C18H31N5O2. The first kappa shape index (κ1) is 20.9. The van der Waals surface area contributed by atoms with E-state index >= 15 is 0 Å². The molecule has 0 aliphatic heterocycles. The van der Waals surface area contributed by atoms with Gasteiger partial charge in [-0.3, -0.25) is 4.79 Å². The number of rotatable bonds is 10. The van der Waals surface area contributed by atoms with Gasteiger partial charge in [0, 0.05) is 32.5 Å². The maximum atomic E-state index is 11.8. The highest BCUT2D eigenvalue weighted by Crippen LogP contribution is 2.11. The van der Waals surface area contributed by atoms with Crippen LogP contribution >= 0.6 is 0 Å². The lowest BCUT2D eigenvalue weighted by atomic mass is 10.2. The third-order valence-corrected chi connectivity index (χ3v) is 3.25. The molecule has 0 unspecified atom stereocenters. The number of methoxy groups -OCH3 is 1. The number of benzene rings is 1. The highest BCUT2D eigenvalue weighted by molar-refractivity contribution is 5.92. The van der Waals surface area contributed by atoms with E-state index in [9.17, 15) is 4.79 Å². The van der Waals surface area contributed by atoms with Crippen LogP contribution in [0.15, 0.2) is 29.3 Å². The molecule has 0 radical (unpaired) electrons. The summed E-state index contributed by atoms with van der Waals surface area (Å²) in [5.41, 5.74) is 1.83. The van der Waals surface area contributed by atoms with Crippen molar-refractivity contribution in [2.24, 2.45) is 4.99 Å². The van der Waals surface area contributed by atoms with E-state index < -0.39 is 0 Å². The Morgan fingerprint density at radius 3 is 2.76 bits per heavy atom. The number of carbonyl (C=O) groups excluding carboxylic acids is 1. The predicted molar refractivity (Wildman–Crippen MR) is 103 cm³/mol. The number of aliphatic imine (C=N–C) groups is 1. The molecule has 7 nitrogen and oxygen atoms in total. The van der Waals surface area contributed by atoms with Gasteiger partial charge < -0.3 is 25.6 Å². The summed E-state index contributed by atoms with van der Waals surface area (Å²) in [6.07, 6.45) is 0.925. The van der Waals surface area contributed by atoms with Crippen molar-refractivity contribution in [3.05, 3.63) is 29.8 Å². The number of guanidine groups is 1. The molecule has 1 amide bonds. The van der Waals surface area contributed by atoms with E-state index in [1.165, 1.54) is 0 Å². The van der Waals surface area contributed by atoms with Crippen LogP contribution in [0.2, 0.25) is 0 Å². The maximum Gasteiger partial charge on any atom is 0.238 e. The Balaban J connectivity index is 2.60. The number of carbonyl (C=O) groups is 1. The van der Waals surface area contributed by atoms with Gasteiger partial charge >= 0.3 is 0 Å². The molecule has 0 saturated heterocycles. The molecule has 0 heterocycles. The number of hydrogen-bond donors (Lipinski definition) is 3. The van der Waals surface area contributed by atoms with Crippen molar-refractivity contribution in [1.29, 1.82) is 0 Å². The third-order valence-electron chi connectivity index (χ3n) is 3.25. The second kappa shape index (κ2) is 12.3. The van der Waals surface area contributed by atoms with Crippen LogP contribution in [0, 0.1) is 0 Å². The third kappa shape index (κ3) is 9.69. The van der Waals surface area contributed by atoms with E-state index in [1.54, 1.807) is 7.11 Å². The van der Waals surface area contributed by atoms with Gasteiger partial charge in [-0.15, -0.1) is 0 Å². The van der Waals surface area contributed by atoms with E-state index in [4.69, 9.17) is 4.74 Å². The van der Waals surface area contributed by atoms with Gasteiger partial charge in [-0.2, -0.15) is 0 Å². The lowest BCUT2D eigenvalue weighted by Gasteiger charge is -2.12. The van der Waals surface area contributed by atoms with E-state index in [0.717, 1.165) is 43.3 Å². The fraction of sp³-hybridized carbons (Fsp3) is 0.556. The zero-order chi connectivity index (χ0) is 18.5. The van der Waals surface area contributed by atoms with Crippen molar-refractivity contribution in [2.45, 2.75) is 19.9 Å². The van der Waals surface area contributed by atoms with Crippen LogP contribution in [0.5, 0.6) is 0 Å². The summed E-state index contributed by atoms with van der Waals surface area (Å²) in [6.45, 7) is 5.26. The van der Waals surface area contributed by atoms with Crippen LogP contribution in [0.25, 0.3) is 0 Å². The molecule has 1 aromatic carbocycles. The van der Waals surface area contributed by atoms with Crippen molar-refractivity contribution >= 4 is 17.6 Å². The first-order valence-corrected chi connectivity index (χ1v) is 8.59. The Labute approximate surface area is 150 Å². The van der Waals surface area contributed by atoms with E-state index in [1.807, 2.05) is 50.2 Å². The van der Waals surface area contributed by atoms with Crippen LogP contribution < -0.4 is 16.0 Å². The Hall–Kier alpha value is -2.12. The van der Waals surface area contributed by atoms with Gasteiger partial charge in [-0.1, -0.05) is 12.1 Å². The minimum atomic E-state index is -0.0289. The summed E-state index contributed by atoms with van der Waals surface area (Å²) in [5, 5.41) is 9.40. The van der Waals surface area contributed by atoms with Crippen LogP contribution in [-0.2, 0) is 16.1 Å². The quantitative estimate of drug-likeness (QED) is 0.337. The Bertz CT molecular complexity index is 546. The molecule has 0 aliphatic carbocycles. The summed E-state index contributed by atoms with van der Waals surface area (Å²) >= 11 is 0. The lowest BCUT2D eigenvalue weighted by molar-refractivity contribution is -0.116. The summed E-state index contributed by atoms with van der Waals surface area (Å²) in [4.78, 5) is 18.3. The van der Waals surface area contributed by atoms with Gasteiger partial charge in [0.2, 0.25) is 5.91 Å². The number of amides is 1. The number of likely N-dealkylation sites (N-methyl/N-ethyl adjacent to an activating group) is 1. The number of hydrogen-bond acceptors (Lipinski definition) is 4. The van der Waals surface area contributed by atoms with Gasteiger partial charge in [-0.05, 0) is 45.1 Å². The van der Waals surface area contributed by atoms with Gasteiger partial charge in [0.05, 0.1) is 13.1 Å². The van der Waals surface area contributed by atoms with Gasteiger partial charge in [-0.25, -0.2) is 4.99 Å². The van der Waals surface area contributed by atoms with Crippen molar-refractivity contribution in [3.63, 3.8) is 0 Å². The highest BCUT2D eigenvalue weighted by atomic mass is 16.5. The largest absolute Gasteiger partial charge is 0.385 e. The Kier molecular flexibility index (Phi) is 10.3. The molecule has 3 N–H and O–H groups in total. The Morgan fingerprint density at radius 1 is 1.28 bits per heavy atom. The summed E-state index contributed by atoms with van der Waals surface area (Å²) in [5.74, 6) is 0.749. The topological polar surface area (TPSA) is 78.0 Å². The first-order chi connectivity index (χ1) is 12.0. The summed E-state index contributed by atoms with van der Waals surface area (Å²) in [6, 6.07) is 7.76. The van der Waals surface area contributed by atoms with E-state index in [2.05, 4.69) is 20.9 Å². The molecule has 0 aromatic heterocycles. The highest BCUT2D eigenvalue weighted by Gasteiger charge is 2.04.